The monoisotopic (exact) mass is 286 g/mol. The largest absolute Gasteiger partial charge is 0.346 e. The maximum absolute atomic E-state index is 12.4. The first kappa shape index (κ1) is 15.7. The van der Waals surface area contributed by atoms with Gasteiger partial charge < -0.3 is 9.47 Å². The lowest BCUT2D eigenvalue weighted by atomic mass is 9.87. The van der Waals surface area contributed by atoms with Gasteiger partial charge in [0, 0.05) is 31.1 Å². The second-order valence-electron chi connectivity index (χ2n) is 4.93. The molecule has 3 nitrogen and oxygen atoms in total. The molecular formula is C18H22O3. The minimum absolute atomic E-state index is 0.101. The normalized spacial score (nSPS) is 19.6. The Hall–Kier alpha value is -1.71. The Morgan fingerprint density at radius 3 is 2.38 bits per heavy atom. The Morgan fingerprint density at radius 1 is 1.10 bits per heavy atom. The van der Waals surface area contributed by atoms with E-state index in [-0.39, 0.29) is 11.7 Å². The predicted molar refractivity (Wildman–Crippen MR) is 83.1 cm³/mol. The molecule has 1 aliphatic carbocycles. The Labute approximate surface area is 126 Å². The maximum atomic E-state index is 12.4. The number of ketones is 1. The van der Waals surface area contributed by atoms with E-state index in [0.29, 0.717) is 19.6 Å². The van der Waals surface area contributed by atoms with E-state index in [4.69, 9.17) is 9.47 Å². The summed E-state index contributed by atoms with van der Waals surface area (Å²) in [6.45, 7) is 4.94. The van der Waals surface area contributed by atoms with Crippen LogP contribution in [0.1, 0.15) is 30.6 Å². The lowest BCUT2D eigenvalue weighted by Crippen LogP contribution is -2.43. The van der Waals surface area contributed by atoms with Crippen molar-refractivity contribution in [1.29, 1.82) is 0 Å². The molecule has 112 valence electrons. The second-order valence-corrected chi connectivity index (χ2v) is 4.93. The highest BCUT2D eigenvalue weighted by molar-refractivity contribution is 5.96. The van der Waals surface area contributed by atoms with Crippen molar-refractivity contribution in [2.45, 2.75) is 26.1 Å². The van der Waals surface area contributed by atoms with E-state index >= 15 is 0 Å². The number of allylic oxidation sites excluding steroid dienone is 2. The molecule has 1 aromatic rings. The summed E-state index contributed by atoms with van der Waals surface area (Å²) in [4.78, 5) is 12.4. The Bertz CT molecular complexity index is 511. The van der Waals surface area contributed by atoms with Crippen molar-refractivity contribution in [1.82, 2.24) is 0 Å². The van der Waals surface area contributed by atoms with Crippen LogP contribution in [0.15, 0.2) is 54.6 Å². The summed E-state index contributed by atoms with van der Waals surface area (Å²) in [6, 6.07) is 9.34. The van der Waals surface area contributed by atoms with Crippen LogP contribution in [-0.4, -0.2) is 24.8 Å². The Kier molecular flexibility index (Phi) is 5.48. The van der Waals surface area contributed by atoms with Crippen LogP contribution >= 0.6 is 0 Å². The van der Waals surface area contributed by atoms with E-state index in [9.17, 15) is 4.79 Å². The minimum atomic E-state index is -0.831. The fourth-order valence-corrected chi connectivity index (χ4v) is 2.60. The lowest BCUT2D eigenvalue weighted by Gasteiger charge is -2.37. The molecule has 0 bridgehead atoms. The fraction of sp³-hybridized carbons (Fsp3) is 0.389. The maximum Gasteiger partial charge on any atom is 0.194 e. The number of ether oxygens (including phenoxy) is 2. The smallest absolute Gasteiger partial charge is 0.194 e. The van der Waals surface area contributed by atoms with Gasteiger partial charge in [0.15, 0.2) is 11.6 Å². The van der Waals surface area contributed by atoms with Gasteiger partial charge in [-0.25, -0.2) is 0 Å². The van der Waals surface area contributed by atoms with Gasteiger partial charge in [0.25, 0.3) is 0 Å². The molecule has 21 heavy (non-hydrogen) atoms. The molecule has 0 saturated heterocycles. The van der Waals surface area contributed by atoms with Crippen molar-refractivity contribution in [3.05, 3.63) is 60.2 Å². The molecule has 3 heteroatoms. The molecule has 0 spiro atoms. The first-order chi connectivity index (χ1) is 10.2. The summed E-state index contributed by atoms with van der Waals surface area (Å²) in [5.41, 5.74) is 0.724. The molecule has 0 radical (unpaired) electrons. The second kappa shape index (κ2) is 7.34. The number of carbonyl (C=O) groups excluding carboxylic acids is 1. The highest BCUT2D eigenvalue weighted by Crippen LogP contribution is 2.33. The zero-order valence-corrected chi connectivity index (χ0v) is 12.6. The van der Waals surface area contributed by atoms with E-state index in [1.54, 1.807) is 0 Å². The molecule has 0 saturated carbocycles. The van der Waals surface area contributed by atoms with Crippen LogP contribution in [0.25, 0.3) is 0 Å². The molecule has 0 fully saturated rings. The van der Waals surface area contributed by atoms with Gasteiger partial charge in [-0.05, 0) is 19.9 Å². The van der Waals surface area contributed by atoms with Crippen molar-refractivity contribution < 1.29 is 14.3 Å². The molecule has 0 aliphatic heterocycles. The molecule has 0 N–H and O–H groups in total. The number of carbonyl (C=O) groups is 1. The molecule has 0 heterocycles. The van der Waals surface area contributed by atoms with Crippen molar-refractivity contribution in [3.63, 3.8) is 0 Å². The molecule has 1 unspecified atom stereocenters. The lowest BCUT2D eigenvalue weighted by molar-refractivity contribution is -0.221. The van der Waals surface area contributed by atoms with Crippen LogP contribution in [-0.2, 0) is 9.47 Å². The zero-order valence-electron chi connectivity index (χ0n) is 12.6. The zero-order chi connectivity index (χ0) is 15.1. The van der Waals surface area contributed by atoms with Gasteiger partial charge in [0.05, 0.1) is 0 Å². The molecule has 1 aliphatic rings. The van der Waals surface area contributed by atoms with E-state index in [1.165, 1.54) is 0 Å². The molecular weight excluding hydrogens is 264 g/mol. The number of hydrogen-bond acceptors (Lipinski definition) is 3. The first-order valence-corrected chi connectivity index (χ1v) is 7.44. The summed E-state index contributed by atoms with van der Waals surface area (Å²) >= 11 is 0. The van der Waals surface area contributed by atoms with Crippen LogP contribution < -0.4 is 0 Å². The van der Waals surface area contributed by atoms with Gasteiger partial charge in [0.2, 0.25) is 0 Å². The molecule has 1 atom stereocenters. The number of rotatable bonds is 7. The topological polar surface area (TPSA) is 35.5 Å². The predicted octanol–water partition coefficient (Wildman–Crippen LogP) is 3.77. The SMILES string of the molecule is CCOC1(OCC)C=CC=CC1CC(=O)c1ccccc1. The third kappa shape index (κ3) is 3.69. The van der Waals surface area contributed by atoms with E-state index in [1.807, 2.05) is 68.5 Å². The molecule has 1 aromatic carbocycles. The van der Waals surface area contributed by atoms with E-state index < -0.39 is 5.79 Å². The highest BCUT2D eigenvalue weighted by Gasteiger charge is 2.39. The Morgan fingerprint density at radius 2 is 1.76 bits per heavy atom. The average Bonchev–Trinajstić information content (AvgIpc) is 2.51. The third-order valence-corrected chi connectivity index (χ3v) is 3.54. The van der Waals surface area contributed by atoms with E-state index in [0.717, 1.165) is 5.56 Å². The van der Waals surface area contributed by atoms with Gasteiger partial charge >= 0.3 is 0 Å². The standard InChI is InChI=1S/C18H22O3/c1-3-20-18(21-4-2)13-9-8-12-16(18)14-17(19)15-10-6-5-7-11-15/h5-13,16H,3-4,14H2,1-2H3. The minimum Gasteiger partial charge on any atom is -0.346 e. The summed E-state index contributed by atoms with van der Waals surface area (Å²) < 4.78 is 11.7. The summed E-state index contributed by atoms with van der Waals surface area (Å²) in [6.07, 6.45) is 8.12. The van der Waals surface area contributed by atoms with Gasteiger partial charge in [0.1, 0.15) is 0 Å². The highest BCUT2D eigenvalue weighted by atomic mass is 16.7. The summed E-state index contributed by atoms with van der Waals surface area (Å²) in [5, 5.41) is 0. The van der Waals surface area contributed by atoms with Crippen molar-refractivity contribution in [3.8, 4) is 0 Å². The van der Waals surface area contributed by atoms with Crippen LogP contribution in [0.5, 0.6) is 0 Å². The van der Waals surface area contributed by atoms with Gasteiger partial charge in [-0.2, -0.15) is 0 Å². The summed E-state index contributed by atoms with van der Waals surface area (Å²) in [5.74, 6) is -0.845. The number of hydrogen-bond donors (Lipinski definition) is 0. The molecule has 0 aromatic heterocycles. The van der Waals surface area contributed by atoms with Crippen LogP contribution in [0.4, 0.5) is 0 Å². The van der Waals surface area contributed by atoms with Gasteiger partial charge in [-0.3, -0.25) is 4.79 Å². The quantitative estimate of drug-likeness (QED) is 0.565. The third-order valence-electron chi connectivity index (χ3n) is 3.54. The van der Waals surface area contributed by atoms with Crippen LogP contribution in [0, 0.1) is 5.92 Å². The number of benzene rings is 1. The van der Waals surface area contributed by atoms with Gasteiger partial charge in [-0.1, -0.05) is 48.6 Å². The number of Topliss-reactive ketones (excluding diaryl/α,β-unsaturated/α-hetero) is 1. The average molecular weight is 286 g/mol. The Balaban J connectivity index is 2.17. The fourth-order valence-electron chi connectivity index (χ4n) is 2.60. The molecule has 2 rings (SSSR count). The molecule has 0 amide bonds. The van der Waals surface area contributed by atoms with Gasteiger partial charge in [-0.15, -0.1) is 0 Å². The summed E-state index contributed by atoms with van der Waals surface area (Å²) in [7, 11) is 0. The van der Waals surface area contributed by atoms with Crippen molar-refractivity contribution in [2.75, 3.05) is 13.2 Å². The van der Waals surface area contributed by atoms with Crippen molar-refractivity contribution >= 4 is 5.78 Å². The van der Waals surface area contributed by atoms with Crippen molar-refractivity contribution in [2.24, 2.45) is 5.92 Å². The van der Waals surface area contributed by atoms with E-state index in [2.05, 4.69) is 0 Å². The first-order valence-electron chi connectivity index (χ1n) is 7.44. The van der Waals surface area contributed by atoms with Crippen LogP contribution in [0.3, 0.4) is 0 Å². The van der Waals surface area contributed by atoms with Crippen LogP contribution in [0.2, 0.25) is 0 Å².